The quantitative estimate of drug-likeness (QED) is 0.551. The van der Waals surface area contributed by atoms with Crippen molar-refractivity contribution in [2.24, 2.45) is 5.73 Å². The smallest absolute Gasteiger partial charge is 0.326 e. The topological polar surface area (TPSA) is 133 Å². The van der Waals surface area contributed by atoms with Crippen LogP contribution in [0.15, 0.2) is 0 Å². The summed E-state index contributed by atoms with van der Waals surface area (Å²) in [5.74, 6) is -1.81. The number of hydrogen-bond donors (Lipinski definition) is 4. The van der Waals surface area contributed by atoms with E-state index in [0.29, 0.717) is 32.4 Å². The number of nitrogens with one attached hydrogen (secondary N) is 1. The summed E-state index contributed by atoms with van der Waals surface area (Å²) in [5, 5.41) is 21.4. The molecule has 0 radical (unpaired) electrons. The van der Waals surface area contributed by atoms with Gasteiger partial charge in [-0.3, -0.25) is 4.79 Å². The highest BCUT2D eigenvalue weighted by Crippen LogP contribution is 2.21. The van der Waals surface area contributed by atoms with Crippen molar-refractivity contribution in [1.82, 2.24) is 10.2 Å². The maximum Gasteiger partial charge on any atom is 0.326 e. The predicted octanol–water partition coefficient (Wildman–Crippen LogP) is -0.348. The molecule has 1 unspecified atom stereocenters. The molecule has 0 aromatic heterocycles. The van der Waals surface area contributed by atoms with Gasteiger partial charge in [-0.15, -0.1) is 0 Å². The summed E-state index contributed by atoms with van der Waals surface area (Å²) in [6, 6.07) is -1.64. The summed E-state index contributed by atoms with van der Waals surface area (Å²) < 4.78 is 0. The molecule has 21 heavy (non-hydrogen) atoms. The van der Waals surface area contributed by atoms with E-state index in [1.54, 1.807) is 6.92 Å². The number of carboxylic acid groups (broad SMARTS) is 1. The largest absolute Gasteiger partial charge is 0.480 e. The van der Waals surface area contributed by atoms with Crippen LogP contribution in [-0.4, -0.2) is 57.8 Å². The molecule has 1 fully saturated rings. The summed E-state index contributed by atoms with van der Waals surface area (Å²) in [6.45, 7) is 2.55. The molecule has 0 aromatic carbocycles. The van der Waals surface area contributed by atoms with E-state index in [-0.39, 0.29) is 12.8 Å². The molecule has 0 aliphatic carbocycles. The average molecular weight is 301 g/mol. The third kappa shape index (κ3) is 5.99. The molecule has 0 spiro atoms. The molecule has 1 aliphatic heterocycles. The summed E-state index contributed by atoms with van der Waals surface area (Å²) in [4.78, 5) is 35.3. The first-order valence-corrected chi connectivity index (χ1v) is 7.00. The number of urea groups is 1. The standard InChI is InChI=1S/C13H23N3O5/c1-13(21)5-2-7-16(8-6-13)12(20)15-9(11(18)19)3-4-10(14)17/h9,21H,2-8H2,1H3,(H2,14,17)(H,15,20)(H,18,19)/t9-,13?/m0/s1. The Morgan fingerprint density at radius 3 is 2.57 bits per heavy atom. The molecule has 0 aromatic rings. The van der Waals surface area contributed by atoms with Crippen LogP contribution in [0.3, 0.4) is 0 Å². The third-order valence-corrected chi connectivity index (χ3v) is 3.63. The number of primary amides is 1. The van der Waals surface area contributed by atoms with Gasteiger partial charge in [0.15, 0.2) is 0 Å². The van der Waals surface area contributed by atoms with Gasteiger partial charge >= 0.3 is 12.0 Å². The Bertz CT molecular complexity index is 411. The molecule has 8 nitrogen and oxygen atoms in total. The van der Waals surface area contributed by atoms with E-state index in [0.717, 1.165) is 0 Å². The van der Waals surface area contributed by atoms with Crippen molar-refractivity contribution >= 4 is 17.9 Å². The molecule has 3 amide bonds. The van der Waals surface area contributed by atoms with Crippen LogP contribution >= 0.6 is 0 Å². The number of nitrogens with two attached hydrogens (primary N) is 1. The number of likely N-dealkylation sites (tertiary alicyclic amines) is 1. The molecule has 5 N–H and O–H groups in total. The number of carboxylic acids is 1. The van der Waals surface area contributed by atoms with Crippen molar-refractivity contribution in [3.05, 3.63) is 0 Å². The zero-order chi connectivity index (χ0) is 16.0. The first-order chi connectivity index (χ1) is 9.71. The summed E-state index contributed by atoms with van der Waals surface area (Å²) in [6.07, 6.45) is 1.55. The van der Waals surface area contributed by atoms with Crippen LogP contribution in [0.4, 0.5) is 4.79 Å². The van der Waals surface area contributed by atoms with Crippen molar-refractivity contribution < 1.29 is 24.6 Å². The number of amides is 3. The van der Waals surface area contributed by atoms with Crippen LogP contribution in [0, 0.1) is 0 Å². The van der Waals surface area contributed by atoms with E-state index in [1.165, 1.54) is 4.90 Å². The molecule has 0 bridgehead atoms. The van der Waals surface area contributed by atoms with Gasteiger partial charge in [-0.1, -0.05) is 0 Å². The lowest BCUT2D eigenvalue weighted by Crippen LogP contribution is -2.48. The van der Waals surface area contributed by atoms with Gasteiger partial charge in [0.2, 0.25) is 5.91 Å². The first kappa shape index (κ1) is 17.2. The maximum absolute atomic E-state index is 12.1. The number of aliphatic carboxylic acids is 1. The molecule has 8 heteroatoms. The molecule has 1 heterocycles. The Morgan fingerprint density at radius 2 is 2.00 bits per heavy atom. The SMILES string of the molecule is CC1(O)CCCN(C(=O)N[C@@H](CCC(N)=O)C(=O)O)CC1. The minimum absolute atomic E-state index is 0.0397. The van der Waals surface area contributed by atoms with Crippen molar-refractivity contribution in [3.8, 4) is 0 Å². The van der Waals surface area contributed by atoms with Gasteiger partial charge in [0.05, 0.1) is 5.60 Å². The van der Waals surface area contributed by atoms with Crippen molar-refractivity contribution in [2.45, 2.75) is 50.7 Å². The predicted molar refractivity (Wildman–Crippen MR) is 74.4 cm³/mol. The zero-order valence-corrected chi connectivity index (χ0v) is 12.2. The molecular formula is C13H23N3O5. The lowest BCUT2D eigenvalue weighted by molar-refractivity contribution is -0.139. The number of hydrogen-bond acceptors (Lipinski definition) is 4. The zero-order valence-electron chi connectivity index (χ0n) is 12.2. The molecule has 120 valence electrons. The highest BCUT2D eigenvalue weighted by atomic mass is 16.4. The van der Waals surface area contributed by atoms with E-state index in [9.17, 15) is 19.5 Å². The minimum Gasteiger partial charge on any atom is -0.480 e. The fraction of sp³-hybridized carbons (Fsp3) is 0.769. The van der Waals surface area contributed by atoms with Gasteiger partial charge in [-0.25, -0.2) is 9.59 Å². The van der Waals surface area contributed by atoms with Crippen LogP contribution in [0.2, 0.25) is 0 Å². The van der Waals surface area contributed by atoms with E-state index >= 15 is 0 Å². The second kappa shape index (κ2) is 7.26. The Labute approximate surface area is 123 Å². The van der Waals surface area contributed by atoms with Crippen molar-refractivity contribution in [3.63, 3.8) is 0 Å². The Hall–Kier alpha value is -1.83. The average Bonchev–Trinajstić information content (AvgIpc) is 2.54. The minimum atomic E-state index is -1.20. The van der Waals surface area contributed by atoms with Crippen LogP contribution in [-0.2, 0) is 9.59 Å². The normalized spacial score (nSPS) is 24.0. The Morgan fingerprint density at radius 1 is 1.33 bits per heavy atom. The monoisotopic (exact) mass is 301 g/mol. The highest BCUT2D eigenvalue weighted by Gasteiger charge is 2.29. The number of aliphatic hydroxyl groups is 1. The van der Waals surface area contributed by atoms with Gasteiger partial charge in [0, 0.05) is 19.5 Å². The van der Waals surface area contributed by atoms with E-state index in [2.05, 4.69) is 5.32 Å². The summed E-state index contributed by atoms with van der Waals surface area (Å²) in [5.41, 5.74) is 4.18. The molecule has 2 atom stereocenters. The van der Waals surface area contributed by atoms with E-state index < -0.39 is 29.6 Å². The van der Waals surface area contributed by atoms with Crippen LogP contribution in [0.1, 0.15) is 39.0 Å². The van der Waals surface area contributed by atoms with Gasteiger partial charge in [0.1, 0.15) is 6.04 Å². The summed E-state index contributed by atoms with van der Waals surface area (Å²) >= 11 is 0. The number of carbonyl (C=O) groups is 3. The number of carbonyl (C=O) groups excluding carboxylic acids is 2. The van der Waals surface area contributed by atoms with Crippen LogP contribution in [0.5, 0.6) is 0 Å². The Kier molecular flexibility index (Phi) is 5.95. The van der Waals surface area contributed by atoms with Crippen molar-refractivity contribution in [2.75, 3.05) is 13.1 Å². The lowest BCUT2D eigenvalue weighted by atomic mass is 9.98. The van der Waals surface area contributed by atoms with Crippen LogP contribution < -0.4 is 11.1 Å². The third-order valence-electron chi connectivity index (χ3n) is 3.63. The second-order valence-electron chi connectivity index (χ2n) is 5.68. The number of nitrogens with zero attached hydrogens (tertiary/aromatic N) is 1. The van der Waals surface area contributed by atoms with E-state index in [4.69, 9.17) is 10.8 Å². The van der Waals surface area contributed by atoms with Gasteiger partial charge < -0.3 is 26.2 Å². The van der Waals surface area contributed by atoms with E-state index in [1.807, 2.05) is 0 Å². The molecule has 1 saturated heterocycles. The molecule has 1 aliphatic rings. The van der Waals surface area contributed by atoms with Gasteiger partial charge in [-0.05, 0) is 32.6 Å². The number of rotatable bonds is 5. The maximum atomic E-state index is 12.1. The molecule has 0 saturated carbocycles. The van der Waals surface area contributed by atoms with Crippen molar-refractivity contribution in [1.29, 1.82) is 0 Å². The summed E-state index contributed by atoms with van der Waals surface area (Å²) in [7, 11) is 0. The van der Waals surface area contributed by atoms with Gasteiger partial charge in [-0.2, -0.15) is 0 Å². The molecule has 1 rings (SSSR count). The highest BCUT2D eigenvalue weighted by molar-refractivity contribution is 5.83. The lowest BCUT2D eigenvalue weighted by Gasteiger charge is -2.24. The Balaban J connectivity index is 2.56. The fourth-order valence-electron chi connectivity index (χ4n) is 2.25. The van der Waals surface area contributed by atoms with Gasteiger partial charge in [0.25, 0.3) is 0 Å². The second-order valence-corrected chi connectivity index (χ2v) is 5.68. The fourth-order valence-corrected chi connectivity index (χ4v) is 2.25. The molecular weight excluding hydrogens is 278 g/mol. The first-order valence-electron chi connectivity index (χ1n) is 7.00. The van der Waals surface area contributed by atoms with Crippen LogP contribution in [0.25, 0.3) is 0 Å².